The molecule has 1 aliphatic rings. The third-order valence-corrected chi connectivity index (χ3v) is 4.57. The molecule has 3 rings (SSSR count). The average Bonchev–Trinajstić information content (AvgIpc) is 2.96. The van der Waals surface area contributed by atoms with E-state index in [1.807, 2.05) is 0 Å². The Labute approximate surface area is 137 Å². The minimum absolute atomic E-state index is 0.116. The minimum Gasteiger partial charge on any atom is -0.396 e. The monoisotopic (exact) mass is 342 g/mol. The van der Waals surface area contributed by atoms with Crippen molar-refractivity contribution in [2.24, 2.45) is 5.41 Å². The second kappa shape index (κ2) is 6.41. The first-order valence-corrected chi connectivity index (χ1v) is 7.75. The molecule has 0 saturated heterocycles. The van der Waals surface area contributed by atoms with Crippen molar-refractivity contribution in [1.82, 2.24) is 14.8 Å². The van der Waals surface area contributed by atoms with Gasteiger partial charge in [0.05, 0.1) is 12.3 Å². The number of aliphatic hydroxyl groups is 1. The average molecular weight is 343 g/mol. The lowest BCUT2D eigenvalue weighted by molar-refractivity contribution is 0.0568. The molecule has 0 unspecified atom stereocenters. The highest BCUT2D eigenvalue weighted by Gasteiger charge is 2.36. The molecule has 1 saturated carbocycles. The summed E-state index contributed by atoms with van der Waals surface area (Å²) < 4.78 is 26.0. The lowest BCUT2D eigenvalue weighted by atomic mass is 9.69. The lowest BCUT2D eigenvalue weighted by Crippen LogP contribution is -2.39. The fourth-order valence-corrected chi connectivity index (χ4v) is 2.88. The van der Waals surface area contributed by atoms with Gasteiger partial charge in [-0.05, 0) is 25.0 Å². The zero-order chi connectivity index (χ0) is 16.4. The SMILES string of the molecule is OCC1(CNc2cc(Cl)ncc2-c2ccn(C(F)F)n2)CCC1. The van der Waals surface area contributed by atoms with E-state index in [1.54, 1.807) is 6.07 Å². The number of halogens is 3. The number of hydrogen-bond acceptors (Lipinski definition) is 4. The normalized spacial score (nSPS) is 16.4. The molecule has 124 valence electrons. The largest absolute Gasteiger partial charge is 0.396 e. The summed E-state index contributed by atoms with van der Waals surface area (Å²) >= 11 is 5.95. The van der Waals surface area contributed by atoms with E-state index in [9.17, 15) is 13.9 Å². The van der Waals surface area contributed by atoms with Gasteiger partial charge in [0.1, 0.15) is 5.15 Å². The zero-order valence-corrected chi connectivity index (χ0v) is 13.1. The molecule has 5 nitrogen and oxygen atoms in total. The summed E-state index contributed by atoms with van der Waals surface area (Å²) in [7, 11) is 0. The molecule has 0 bridgehead atoms. The maximum absolute atomic E-state index is 12.7. The van der Waals surface area contributed by atoms with Crippen LogP contribution in [-0.2, 0) is 0 Å². The number of anilines is 1. The topological polar surface area (TPSA) is 63.0 Å². The van der Waals surface area contributed by atoms with Gasteiger partial charge in [-0.1, -0.05) is 18.0 Å². The molecule has 2 heterocycles. The summed E-state index contributed by atoms with van der Waals surface area (Å²) in [4.78, 5) is 4.01. The fourth-order valence-electron chi connectivity index (χ4n) is 2.72. The molecule has 0 spiro atoms. The Morgan fingerprint density at radius 2 is 2.22 bits per heavy atom. The minimum atomic E-state index is -2.69. The number of pyridine rings is 1. The third-order valence-electron chi connectivity index (χ3n) is 4.36. The van der Waals surface area contributed by atoms with Crippen molar-refractivity contribution < 1.29 is 13.9 Å². The van der Waals surface area contributed by atoms with Gasteiger partial charge in [-0.25, -0.2) is 9.67 Å². The van der Waals surface area contributed by atoms with Crippen molar-refractivity contribution in [2.75, 3.05) is 18.5 Å². The lowest BCUT2D eigenvalue weighted by Gasteiger charge is -2.40. The van der Waals surface area contributed by atoms with Crippen LogP contribution in [-0.4, -0.2) is 33.0 Å². The first-order valence-electron chi connectivity index (χ1n) is 7.37. The number of aromatic nitrogens is 3. The van der Waals surface area contributed by atoms with Crippen LogP contribution in [0.1, 0.15) is 25.8 Å². The van der Waals surface area contributed by atoms with E-state index in [0.29, 0.717) is 33.3 Å². The summed E-state index contributed by atoms with van der Waals surface area (Å²) in [5, 5.41) is 17.0. The summed E-state index contributed by atoms with van der Waals surface area (Å²) in [5.41, 5.74) is 1.55. The van der Waals surface area contributed by atoms with Gasteiger partial charge in [-0.2, -0.15) is 13.9 Å². The summed E-state index contributed by atoms with van der Waals surface area (Å²) in [6.45, 7) is -1.98. The van der Waals surface area contributed by atoms with Crippen LogP contribution in [0.3, 0.4) is 0 Å². The smallest absolute Gasteiger partial charge is 0.333 e. The Bertz CT molecular complexity index is 682. The Kier molecular flexibility index (Phi) is 4.50. The number of nitrogens with one attached hydrogen (secondary N) is 1. The van der Waals surface area contributed by atoms with Crippen molar-refractivity contribution in [3.63, 3.8) is 0 Å². The number of rotatable bonds is 6. The quantitative estimate of drug-likeness (QED) is 0.788. The molecule has 2 aromatic heterocycles. The van der Waals surface area contributed by atoms with Crippen LogP contribution < -0.4 is 5.32 Å². The Morgan fingerprint density at radius 1 is 1.43 bits per heavy atom. The van der Waals surface area contributed by atoms with Crippen molar-refractivity contribution >= 4 is 17.3 Å². The highest BCUT2D eigenvalue weighted by molar-refractivity contribution is 6.29. The molecule has 0 amide bonds. The summed E-state index contributed by atoms with van der Waals surface area (Å²) in [5.74, 6) is 0. The second-order valence-electron chi connectivity index (χ2n) is 5.88. The number of hydrogen-bond donors (Lipinski definition) is 2. The van der Waals surface area contributed by atoms with Crippen LogP contribution in [0.2, 0.25) is 5.15 Å². The standard InChI is InChI=1S/C15H17ClF2N4O/c16-13-6-12(20-8-15(9-23)3-1-4-15)10(7-19-13)11-2-5-22(21-11)14(17)18/h2,5-7,14,23H,1,3-4,8-9H2,(H,19,20). The maximum Gasteiger partial charge on any atom is 0.333 e. The van der Waals surface area contributed by atoms with Crippen LogP contribution in [0.15, 0.2) is 24.5 Å². The fraction of sp³-hybridized carbons (Fsp3) is 0.467. The van der Waals surface area contributed by atoms with E-state index in [-0.39, 0.29) is 12.0 Å². The number of aliphatic hydroxyl groups excluding tert-OH is 1. The van der Waals surface area contributed by atoms with E-state index < -0.39 is 6.55 Å². The molecule has 0 radical (unpaired) electrons. The zero-order valence-electron chi connectivity index (χ0n) is 12.3. The van der Waals surface area contributed by atoms with Gasteiger partial charge >= 0.3 is 6.55 Å². The molecular weight excluding hydrogens is 326 g/mol. The van der Waals surface area contributed by atoms with Gasteiger partial charge in [0.2, 0.25) is 0 Å². The maximum atomic E-state index is 12.7. The molecule has 0 atom stereocenters. The van der Waals surface area contributed by atoms with Gasteiger partial charge in [0.25, 0.3) is 0 Å². The highest BCUT2D eigenvalue weighted by Crippen LogP contribution is 2.41. The molecule has 23 heavy (non-hydrogen) atoms. The van der Waals surface area contributed by atoms with Gasteiger partial charge < -0.3 is 10.4 Å². The summed E-state index contributed by atoms with van der Waals surface area (Å²) in [6.07, 6.45) is 5.76. The molecule has 2 N–H and O–H groups in total. The molecule has 0 aliphatic heterocycles. The molecule has 1 aliphatic carbocycles. The molecule has 8 heteroatoms. The third kappa shape index (κ3) is 3.30. The van der Waals surface area contributed by atoms with E-state index in [4.69, 9.17) is 11.6 Å². The Hall–Kier alpha value is -1.73. The molecule has 0 aromatic carbocycles. The van der Waals surface area contributed by atoms with Crippen LogP contribution in [0.4, 0.5) is 14.5 Å². The molecule has 1 fully saturated rings. The van der Waals surface area contributed by atoms with Crippen LogP contribution >= 0.6 is 11.6 Å². The number of nitrogens with zero attached hydrogens (tertiary/aromatic N) is 3. The second-order valence-corrected chi connectivity index (χ2v) is 6.26. The summed E-state index contributed by atoms with van der Waals surface area (Å²) in [6, 6.07) is 3.15. The van der Waals surface area contributed by atoms with Gasteiger partial charge in [0.15, 0.2) is 0 Å². The van der Waals surface area contributed by atoms with E-state index in [2.05, 4.69) is 15.4 Å². The van der Waals surface area contributed by atoms with Crippen LogP contribution in [0.25, 0.3) is 11.3 Å². The highest BCUT2D eigenvalue weighted by atomic mass is 35.5. The van der Waals surface area contributed by atoms with Crippen molar-refractivity contribution in [3.05, 3.63) is 29.7 Å². The van der Waals surface area contributed by atoms with Gasteiger partial charge in [-0.15, -0.1) is 0 Å². The first-order chi connectivity index (χ1) is 11.0. The molecule has 2 aromatic rings. The first kappa shape index (κ1) is 16.1. The van der Waals surface area contributed by atoms with E-state index in [0.717, 1.165) is 19.3 Å². The van der Waals surface area contributed by atoms with Gasteiger partial charge in [-0.3, -0.25) is 0 Å². The van der Waals surface area contributed by atoms with E-state index >= 15 is 0 Å². The van der Waals surface area contributed by atoms with Gasteiger partial charge in [0, 0.05) is 35.6 Å². The Balaban J connectivity index is 1.85. The van der Waals surface area contributed by atoms with Crippen molar-refractivity contribution in [2.45, 2.75) is 25.8 Å². The predicted molar refractivity (Wildman–Crippen MR) is 83.6 cm³/mol. The predicted octanol–water partition coefficient (Wildman–Crippen LogP) is 3.57. The van der Waals surface area contributed by atoms with Crippen molar-refractivity contribution in [1.29, 1.82) is 0 Å². The number of alkyl halides is 2. The van der Waals surface area contributed by atoms with E-state index in [1.165, 1.54) is 18.5 Å². The van der Waals surface area contributed by atoms with Crippen molar-refractivity contribution in [3.8, 4) is 11.3 Å². The molecular formula is C15H17ClF2N4O. The Morgan fingerprint density at radius 3 is 2.78 bits per heavy atom. The van der Waals surface area contributed by atoms with Crippen LogP contribution in [0.5, 0.6) is 0 Å². The van der Waals surface area contributed by atoms with Crippen LogP contribution in [0, 0.1) is 5.41 Å².